The summed E-state index contributed by atoms with van der Waals surface area (Å²) in [6.07, 6.45) is 5.84. The maximum absolute atomic E-state index is 6.16. The summed E-state index contributed by atoms with van der Waals surface area (Å²) in [5.41, 5.74) is 2.62. The number of benzene rings is 1. The molecule has 2 atom stereocenters. The molecule has 3 aromatic rings. The molecule has 0 aliphatic rings. The highest BCUT2D eigenvalue weighted by molar-refractivity contribution is 7.17. The predicted molar refractivity (Wildman–Crippen MR) is 102 cm³/mol. The summed E-state index contributed by atoms with van der Waals surface area (Å²) < 4.78 is 1.31. The molecule has 0 aliphatic heterocycles. The molecule has 0 spiro atoms. The molecule has 120 valence electrons. The van der Waals surface area contributed by atoms with Crippen molar-refractivity contribution in [1.29, 1.82) is 0 Å². The van der Waals surface area contributed by atoms with Crippen LogP contribution in [0.25, 0.3) is 10.1 Å². The zero-order chi connectivity index (χ0) is 16.4. The van der Waals surface area contributed by atoms with E-state index in [2.05, 4.69) is 36.3 Å². The van der Waals surface area contributed by atoms with E-state index in [1.165, 1.54) is 21.2 Å². The molecule has 4 heteroatoms. The van der Waals surface area contributed by atoms with Crippen molar-refractivity contribution in [2.75, 3.05) is 0 Å². The molecule has 2 unspecified atom stereocenters. The van der Waals surface area contributed by atoms with E-state index < -0.39 is 0 Å². The predicted octanol–water partition coefficient (Wildman–Crippen LogP) is 7.29. The van der Waals surface area contributed by atoms with Gasteiger partial charge in [-0.25, -0.2) is 0 Å². The Balaban J connectivity index is 1.71. The molecule has 0 fully saturated rings. The molecule has 1 nitrogen and oxygen atoms in total. The van der Waals surface area contributed by atoms with E-state index in [1.54, 1.807) is 17.5 Å². The first-order chi connectivity index (χ1) is 11.0. The molecule has 23 heavy (non-hydrogen) atoms. The molecule has 0 saturated carbocycles. The van der Waals surface area contributed by atoms with Crippen LogP contribution < -0.4 is 0 Å². The second-order valence-corrected chi connectivity index (χ2v) is 7.93. The van der Waals surface area contributed by atoms with Crippen LogP contribution in [0.4, 0.5) is 0 Å². The number of halogens is 2. The zero-order valence-corrected chi connectivity index (χ0v) is 15.6. The van der Waals surface area contributed by atoms with Crippen molar-refractivity contribution in [3.05, 3.63) is 63.2 Å². The summed E-state index contributed by atoms with van der Waals surface area (Å²) >= 11 is 14.0. The van der Waals surface area contributed by atoms with Crippen LogP contribution in [0.1, 0.15) is 49.7 Å². The number of nitrogens with zero attached hydrogens (tertiary/aromatic N) is 1. The molecule has 3 rings (SSSR count). The van der Waals surface area contributed by atoms with Gasteiger partial charge in [-0.15, -0.1) is 11.3 Å². The lowest BCUT2D eigenvalue weighted by Gasteiger charge is -2.16. The van der Waals surface area contributed by atoms with Gasteiger partial charge in [0, 0.05) is 22.1 Å². The lowest BCUT2D eigenvalue weighted by atomic mass is 9.89. The maximum atomic E-state index is 6.16. The Morgan fingerprint density at radius 3 is 2.57 bits per heavy atom. The molecule has 0 bridgehead atoms. The first-order valence-corrected chi connectivity index (χ1v) is 9.45. The average Bonchev–Trinajstić information content (AvgIpc) is 2.95. The standard InChI is InChI=1S/C19H19Cl2NS/c1-12(14-7-16(21)10-22-9-14)3-4-13(2)18-11-23-19-6-5-15(20)8-17(18)19/h5-13H,3-4H2,1-2H3. The molecule has 1 aromatic carbocycles. The van der Waals surface area contributed by atoms with Crippen molar-refractivity contribution in [3.63, 3.8) is 0 Å². The van der Waals surface area contributed by atoms with E-state index in [0.717, 1.165) is 17.9 Å². The normalized spacial score (nSPS) is 14.1. The minimum atomic E-state index is 0.456. The minimum absolute atomic E-state index is 0.456. The van der Waals surface area contributed by atoms with Gasteiger partial charge in [-0.2, -0.15) is 0 Å². The monoisotopic (exact) mass is 363 g/mol. The third-order valence-corrected chi connectivity index (χ3v) is 5.85. The van der Waals surface area contributed by atoms with E-state index >= 15 is 0 Å². The van der Waals surface area contributed by atoms with Crippen LogP contribution >= 0.6 is 34.5 Å². The fraction of sp³-hybridized carbons (Fsp3) is 0.316. The van der Waals surface area contributed by atoms with Gasteiger partial charge in [0.2, 0.25) is 0 Å². The number of pyridine rings is 1. The Hall–Kier alpha value is -1.09. The molecular formula is C19H19Cl2NS. The van der Waals surface area contributed by atoms with Crippen LogP contribution in [0.5, 0.6) is 0 Å². The Morgan fingerprint density at radius 1 is 1.00 bits per heavy atom. The van der Waals surface area contributed by atoms with E-state index in [0.29, 0.717) is 16.9 Å². The molecule has 0 aliphatic carbocycles. The van der Waals surface area contributed by atoms with Crippen molar-refractivity contribution < 1.29 is 0 Å². The van der Waals surface area contributed by atoms with E-state index in [9.17, 15) is 0 Å². The van der Waals surface area contributed by atoms with Crippen LogP contribution in [-0.2, 0) is 0 Å². The molecule has 2 aromatic heterocycles. The van der Waals surface area contributed by atoms with Gasteiger partial charge in [-0.05, 0) is 70.8 Å². The number of aromatic nitrogens is 1. The Labute approximate surface area is 151 Å². The van der Waals surface area contributed by atoms with Crippen molar-refractivity contribution in [2.24, 2.45) is 0 Å². The van der Waals surface area contributed by atoms with Gasteiger partial charge in [0.05, 0.1) is 5.02 Å². The van der Waals surface area contributed by atoms with Gasteiger partial charge < -0.3 is 0 Å². The SMILES string of the molecule is CC(CCC(C)c1csc2ccc(Cl)cc12)c1cncc(Cl)c1. The zero-order valence-electron chi connectivity index (χ0n) is 13.2. The number of hydrogen-bond donors (Lipinski definition) is 0. The van der Waals surface area contributed by atoms with Crippen LogP contribution in [0.3, 0.4) is 0 Å². The second kappa shape index (κ2) is 7.21. The lowest BCUT2D eigenvalue weighted by Crippen LogP contribution is -1.99. The molecule has 0 amide bonds. The van der Waals surface area contributed by atoms with E-state index in [-0.39, 0.29) is 0 Å². The molecule has 0 saturated heterocycles. The van der Waals surface area contributed by atoms with Crippen LogP contribution in [0.2, 0.25) is 10.0 Å². The van der Waals surface area contributed by atoms with Gasteiger partial charge >= 0.3 is 0 Å². The van der Waals surface area contributed by atoms with Gasteiger partial charge in [-0.1, -0.05) is 37.0 Å². The number of thiophene rings is 1. The lowest BCUT2D eigenvalue weighted by molar-refractivity contribution is 0.575. The smallest absolute Gasteiger partial charge is 0.0592 e. The molecule has 0 radical (unpaired) electrons. The van der Waals surface area contributed by atoms with E-state index in [1.807, 2.05) is 18.3 Å². The van der Waals surface area contributed by atoms with Gasteiger partial charge in [0.25, 0.3) is 0 Å². The summed E-state index contributed by atoms with van der Waals surface area (Å²) in [7, 11) is 0. The quantitative estimate of drug-likeness (QED) is 0.463. The highest BCUT2D eigenvalue weighted by atomic mass is 35.5. The average molecular weight is 364 g/mol. The summed E-state index contributed by atoms with van der Waals surface area (Å²) in [4.78, 5) is 4.19. The van der Waals surface area contributed by atoms with Gasteiger partial charge in [0.15, 0.2) is 0 Å². The molecular weight excluding hydrogens is 345 g/mol. The topological polar surface area (TPSA) is 12.9 Å². The van der Waals surface area contributed by atoms with E-state index in [4.69, 9.17) is 23.2 Å². The molecule has 0 N–H and O–H groups in total. The van der Waals surface area contributed by atoms with Crippen molar-refractivity contribution >= 4 is 44.6 Å². The Morgan fingerprint density at radius 2 is 1.78 bits per heavy atom. The summed E-state index contributed by atoms with van der Waals surface area (Å²) in [6, 6.07) is 8.18. The first kappa shape index (κ1) is 16.8. The van der Waals surface area contributed by atoms with Crippen LogP contribution in [0, 0.1) is 0 Å². The largest absolute Gasteiger partial charge is 0.263 e. The van der Waals surface area contributed by atoms with Crippen molar-refractivity contribution in [1.82, 2.24) is 4.98 Å². The summed E-state index contributed by atoms with van der Waals surface area (Å²) in [5, 5.41) is 5.09. The summed E-state index contributed by atoms with van der Waals surface area (Å²) in [5.74, 6) is 0.967. The number of fused-ring (bicyclic) bond motifs is 1. The molecule has 2 heterocycles. The van der Waals surface area contributed by atoms with Gasteiger partial charge in [-0.3, -0.25) is 4.98 Å². The van der Waals surface area contributed by atoms with Crippen molar-refractivity contribution in [2.45, 2.75) is 38.5 Å². The highest BCUT2D eigenvalue weighted by Crippen LogP contribution is 2.36. The van der Waals surface area contributed by atoms with Gasteiger partial charge in [0.1, 0.15) is 0 Å². The van der Waals surface area contributed by atoms with Crippen LogP contribution in [0.15, 0.2) is 42.0 Å². The third kappa shape index (κ3) is 3.88. The minimum Gasteiger partial charge on any atom is -0.263 e. The van der Waals surface area contributed by atoms with Crippen LogP contribution in [-0.4, -0.2) is 4.98 Å². The number of rotatable bonds is 5. The second-order valence-electron chi connectivity index (χ2n) is 6.15. The Kier molecular flexibility index (Phi) is 5.25. The van der Waals surface area contributed by atoms with Crippen molar-refractivity contribution in [3.8, 4) is 0 Å². The Bertz CT molecular complexity index is 812. The fourth-order valence-corrected chi connectivity index (χ4v) is 4.34. The highest BCUT2D eigenvalue weighted by Gasteiger charge is 2.14. The maximum Gasteiger partial charge on any atom is 0.0592 e. The third-order valence-electron chi connectivity index (χ3n) is 4.42. The number of hydrogen-bond acceptors (Lipinski definition) is 2. The fourth-order valence-electron chi connectivity index (χ4n) is 2.92. The first-order valence-electron chi connectivity index (χ1n) is 7.81. The summed E-state index contributed by atoms with van der Waals surface area (Å²) in [6.45, 7) is 4.54.